The molecule has 4 rings (SSSR count). The maximum Gasteiger partial charge on any atom is 0.401 e. The summed E-state index contributed by atoms with van der Waals surface area (Å²) < 4.78 is 50.7. The fourth-order valence-corrected chi connectivity index (χ4v) is 4.66. The van der Waals surface area contributed by atoms with Crippen molar-refractivity contribution in [3.8, 4) is 11.5 Å². The SMILES string of the molecule is COc1cc2c(cc1OC)[C@H](CCCc1c[nH]c3ccccc13)N(CC(F)(F)F)CC2. The fraction of sp³-hybridized carbons (Fsp3) is 0.417. The summed E-state index contributed by atoms with van der Waals surface area (Å²) in [5, 5.41) is 1.17. The number of aromatic nitrogens is 1. The number of halogens is 3. The van der Waals surface area contributed by atoms with Crippen LogP contribution >= 0.6 is 0 Å². The summed E-state index contributed by atoms with van der Waals surface area (Å²) in [4.78, 5) is 4.83. The van der Waals surface area contributed by atoms with Crippen molar-refractivity contribution in [3.05, 3.63) is 59.3 Å². The van der Waals surface area contributed by atoms with Crippen LogP contribution < -0.4 is 9.47 Å². The number of nitrogens with one attached hydrogen (secondary N) is 1. The van der Waals surface area contributed by atoms with E-state index >= 15 is 0 Å². The first kappa shape index (κ1) is 21.6. The van der Waals surface area contributed by atoms with Gasteiger partial charge in [-0.1, -0.05) is 18.2 Å². The molecule has 0 fully saturated rings. The minimum atomic E-state index is -4.23. The molecule has 0 aliphatic carbocycles. The van der Waals surface area contributed by atoms with E-state index < -0.39 is 12.7 Å². The lowest BCUT2D eigenvalue weighted by Crippen LogP contribution is -2.41. The number of alkyl halides is 3. The van der Waals surface area contributed by atoms with Gasteiger partial charge in [0.1, 0.15) is 0 Å². The summed E-state index contributed by atoms with van der Waals surface area (Å²) in [7, 11) is 3.12. The highest BCUT2D eigenvalue weighted by Gasteiger charge is 2.37. The number of aryl methyl sites for hydroxylation is 1. The summed E-state index contributed by atoms with van der Waals surface area (Å²) in [5.41, 5.74) is 4.22. The molecular weight excluding hydrogens is 405 g/mol. The first-order valence-corrected chi connectivity index (χ1v) is 10.5. The lowest BCUT2D eigenvalue weighted by atomic mass is 9.88. The molecule has 0 amide bonds. The third-order valence-corrected chi connectivity index (χ3v) is 6.09. The summed E-state index contributed by atoms with van der Waals surface area (Å²) in [5.74, 6) is 1.17. The van der Waals surface area contributed by atoms with Gasteiger partial charge in [-0.25, -0.2) is 0 Å². The van der Waals surface area contributed by atoms with Crippen molar-refractivity contribution in [2.75, 3.05) is 27.3 Å². The standard InChI is InChI=1S/C24H27F3N2O2/c1-30-22-12-16-10-11-29(15-24(25,26)27)21(19(16)13-23(22)31-2)9-5-6-17-14-28-20-8-4-3-7-18(17)20/h3-4,7-8,12-14,21,28H,5-6,9-11,15H2,1-2H3/t21-/m0/s1. The van der Waals surface area contributed by atoms with E-state index in [1.165, 1.54) is 10.9 Å². The number of fused-ring (bicyclic) bond motifs is 2. The van der Waals surface area contributed by atoms with Crippen LogP contribution in [0.2, 0.25) is 0 Å². The summed E-state index contributed by atoms with van der Waals surface area (Å²) >= 11 is 0. The highest BCUT2D eigenvalue weighted by molar-refractivity contribution is 5.83. The first-order valence-electron chi connectivity index (χ1n) is 10.5. The largest absolute Gasteiger partial charge is 0.493 e. The molecule has 0 bridgehead atoms. The van der Waals surface area contributed by atoms with E-state index in [2.05, 4.69) is 11.1 Å². The van der Waals surface area contributed by atoms with Gasteiger partial charge in [0.25, 0.3) is 0 Å². The molecule has 1 atom stereocenters. The molecule has 166 valence electrons. The molecule has 0 saturated carbocycles. The quantitative estimate of drug-likeness (QED) is 0.523. The Morgan fingerprint density at radius 3 is 2.58 bits per heavy atom. The lowest BCUT2D eigenvalue weighted by Gasteiger charge is -2.38. The van der Waals surface area contributed by atoms with Gasteiger partial charge in [0.15, 0.2) is 11.5 Å². The minimum absolute atomic E-state index is 0.310. The Hall–Kier alpha value is -2.67. The Kier molecular flexibility index (Phi) is 6.14. The molecule has 7 heteroatoms. The Labute approximate surface area is 180 Å². The smallest absolute Gasteiger partial charge is 0.401 e. The molecule has 1 aromatic heterocycles. The van der Waals surface area contributed by atoms with Gasteiger partial charge in [-0.3, -0.25) is 4.90 Å². The van der Waals surface area contributed by atoms with E-state index in [4.69, 9.17) is 9.47 Å². The Morgan fingerprint density at radius 2 is 1.84 bits per heavy atom. The van der Waals surface area contributed by atoms with Gasteiger partial charge < -0.3 is 14.5 Å². The average Bonchev–Trinajstić information content (AvgIpc) is 3.16. The predicted molar refractivity (Wildman–Crippen MR) is 115 cm³/mol. The Morgan fingerprint density at radius 1 is 1.10 bits per heavy atom. The number of H-pyrrole nitrogens is 1. The van der Waals surface area contributed by atoms with Gasteiger partial charge in [-0.05, 0) is 60.6 Å². The van der Waals surface area contributed by atoms with Crippen LogP contribution in [0, 0.1) is 0 Å². The van der Waals surface area contributed by atoms with Crippen molar-refractivity contribution in [1.82, 2.24) is 9.88 Å². The third kappa shape index (κ3) is 4.66. The summed E-state index contributed by atoms with van der Waals surface area (Å²) in [6, 6.07) is 11.5. The van der Waals surface area contributed by atoms with Crippen molar-refractivity contribution in [1.29, 1.82) is 0 Å². The number of methoxy groups -OCH3 is 2. The zero-order valence-corrected chi connectivity index (χ0v) is 17.8. The molecule has 1 N–H and O–H groups in total. The second-order valence-electron chi connectivity index (χ2n) is 8.01. The van der Waals surface area contributed by atoms with E-state index in [0.29, 0.717) is 30.9 Å². The molecule has 1 aliphatic heterocycles. The van der Waals surface area contributed by atoms with E-state index in [9.17, 15) is 13.2 Å². The van der Waals surface area contributed by atoms with Crippen LogP contribution in [0.3, 0.4) is 0 Å². The number of hydrogen-bond donors (Lipinski definition) is 1. The zero-order chi connectivity index (χ0) is 22.0. The maximum absolute atomic E-state index is 13.3. The number of nitrogens with zero attached hydrogens (tertiary/aromatic N) is 1. The molecule has 0 radical (unpaired) electrons. The van der Waals surface area contributed by atoms with Crippen LogP contribution in [0.1, 0.15) is 35.6 Å². The van der Waals surface area contributed by atoms with E-state index in [-0.39, 0.29) is 6.04 Å². The van der Waals surface area contributed by atoms with Gasteiger partial charge >= 0.3 is 6.18 Å². The van der Waals surface area contributed by atoms with Crippen molar-refractivity contribution < 1.29 is 22.6 Å². The third-order valence-electron chi connectivity index (χ3n) is 6.09. The zero-order valence-electron chi connectivity index (χ0n) is 17.8. The highest BCUT2D eigenvalue weighted by atomic mass is 19.4. The monoisotopic (exact) mass is 432 g/mol. The van der Waals surface area contributed by atoms with Gasteiger partial charge in [0, 0.05) is 29.7 Å². The first-order chi connectivity index (χ1) is 14.9. The number of para-hydroxylation sites is 1. The van der Waals surface area contributed by atoms with Gasteiger partial charge in [-0.15, -0.1) is 0 Å². The molecule has 2 heterocycles. The second-order valence-corrected chi connectivity index (χ2v) is 8.01. The number of benzene rings is 2. The van der Waals surface area contributed by atoms with E-state index in [1.807, 2.05) is 36.5 Å². The minimum Gasteiger partial charge on any atom is -0.493 e. The average molecular weight is 432 g/mol. The van der Waals surface area contributed by atoms with Crippen LogP contribution in [0.5, 0.6) is 11.5 Å². The molecule has 3 aromatic rings. The molecule has 31 heavy (non-hydrogen) atoms. The van der Waals surface area contributed by atoms with Crippen molar-refractivity contribution in [2.24, 2.45) is 0 Å². The van der Waals surface area contributed by atoms with Crippen LogP contribution in [0.4, 0.5) is 13.2 Å². The maximum atomic E-state index is 13.3. The fourth-order valence-electron chi connectivity index (χ4n) is 4.66. The number of aromatic amines is 1. The second kappa shape index (κ2) is 8.83. The number of rotatable bonds is 7. The van der Waals surface area contributed by atoms with Gasteiger partial charge in [0.05, 0.1) is 20.8 Å². The van der Waals surface area contributed by atoms with E-state index in [0.717, 1.165) is 29.5 Å². The number of ether oxygens (including phenoxy) is 2. The van der Waals surface area contributed by atoms with E-state index in [1.54, 1.807) is 19.1 Å². The Bertz CT molecular complexity index is 1040. The molecule has 1 aliphatic rings. The van der Waals surface area contributed by atoms with Crippen molar-refractivity contribution >= 4 is 10.9 Å². The van der Waals surface area contributed by atoms with Crippen LogP contribution in [0.15, 0.2) is 42.6 Å². The molecule has 0 saturated heterocycles. The topological polar surface area (TPSA) is 37.5 Å². The molecule has 0 unspecified atom stereocenters. The van der Waals surface area contributed by atoms with Crippen molar-refractivity contribution in [2.45, 2.75) is 37.9 Å². The van der Waals surface area contributed by atoms with Crippen molar-refractivity contribution in [3.63, 3.8) is 0 Å². The van der Waals surface area contributed by atoms with Crippen LogP contribution in [-0.2, 0) is 12.8 Å². The summed E-state index contributed by atoms with van der Waals surface area (Å²) in [6.07, 6.45) is 0.560. The molecular formula is C24H27F3N2O2. The molecule has 2 aromatic carbocycles. The normalized spacial score (nSPS) is 17.0. The predicted octanol–water partition coefficient (Wildman–Crippen LogP) is 5.67. The highest BCUT2D eigenvalue weighted by Crippen LogP contribution is 2.41. The molecule has 0 spiro atoms. The van der Waals surface area contributed by atoms with Gasteiger partial charge in [-0.2, -0.15) is 13.2 Å². The Balaban J connectivity index is 1.58. The van der Waals surface area contributed by atoms with Gasteiger partial charge in [0.2, 0.25) is 0 Å². The number of hydrogen-bond acceptors (Lipinski definition) is 3. The van der Waals surface area contributed by atoms with Crippen LogP contribution in [-0.4, -0.2) is 43.4 Å². The summed E-state index contributed by atoms with van der Waals surface area (Å²) in [6.45, 7) is -0.529. The molecule has 4 nitrogen and oxygen atoms in total. The van der Waals surface area contributed by atoms with Crippen LogP contribution in [0.25, 0.3) is 10.9 Å². The lowest BCUT2D eigenvalue weighted by molar-refractivity contribution is -0.152.